The maximum Gasteiger partial charge on any atom is 0.270 e. The highest BCUT2D eigenvalue weighted by atomic mass is 16.2. The lowest BCUT2D eigenvalue weighted by molar-refractivity contribution is -0.116. The van der Waals surface area contributed by atoms with Crippen LogP contribution in [0, 0.1) is 0 Å². The minimum atomic E-state index is -0.316. The second kappa shape index (κ2) is 4.14. The van der Waals surface area contributed by atoms with Crippen molar-refractivity contribution in [3.8, 4) is 0 Å². The van der Waals surface area contributed by atoms with Crippen molar-refractivity contribution in [1.82, 2.24) is 15.5 Å². The molecule has 0 bridgehead atoms. The Morgan fingerprint density at radius 2 is 2.12 bits per heavy atom. The lowest BCUT2D eigenvalue weighted by Crippen LogP contribution is -2.28. The topological polar surface area (TPSA) is 74.8 Å². The molecule has 0 aliphatic carbocycles. The third-order valence-electron chi connectivity index (χ3n) is 2.19. The summed E-state index contributed by atoms with van der Waals surface area (Å²) in [6, 6.07) is 7.30. The van der Waals surface area contributed by atoms with Gasteiger partial charge in [0, 0.05) is 5.39 Å². The van der Waals surface area contributed by atoms with Crippen molar-refractivity contribution >= 4 is 22.6 Å². The van der Waals surface area contributed by atoms with Gasteiger partial charge in [0.15, 0.2) is 0 Å². The van der Waals surface area contributed by atoms with Crippen molar-refractivity contribution < 1.29 is 9.59 Å². The number of amides is 1. The molecule has 0 spiro atoms. The van der Waals surface area contributed by atoms with Gasteiger partial charge in [0.1, 0.15) is 11.5 Å². The van der Waals surface area contributed by atoms with Gasteiger partial charge >= 0.3 is 0 Å². The average Bonchev–Trinajstić information content (AvgIpc) is 2.69. The first-order chi connectivity index (χ1) is 7.68. The number of nitrogens with zero attached hydrogens (tertiary/aromatic N) is 1. The second-order valence-electron chi connectivity index (χ2n) is 3.50. The van der Waals surface area contributed by atoms with Crippen LogP contribution in [0.25, 0.3) is 10.9 Å². The summed E-state index contributed by atoms with van der Waals surface area (Å²) in [6.07, 6.45) is 0. The zero-order valence-corrected chi connectivity index (χ0v) is 8.78. The van der Waals surface area contributed by atoms with Gasteiger partial charge in [-0.1, -0.05) is 18.2 Å². The summed E-state index contributed by atoms with van der Waals surface area (Å²) in [5.41, 5.74) is 1.12. The number of hydrogen-bond acceptors (Lipinski definition) is 3. The van der Waals surface area contributed by atoms with Crippen LogP contribution in [0.2, 0.25) is 0 Å². The molecule has 16 heavy (non-hydrogen) atoms. The Bertz CT molecular complexity index is 545. The predicted octanol–water partition coefficient (Wildman–Crippen LogP) is 0.882. The molecule has 0 aliphatic heterocycles. The molecule has 0 fully saturated rings. The van der Waals surface area contributed by atoms with Crippen molar-refractivity contribution in [1.29, 1.82) is 0 Å². The quantitative estimate of drug-likeness (QED) is 0.801. The highest BCUT2D eigenvalue weighted by molar-refractivity contribution is 6.05. The molecule has 5 heteroatoms. The van der Waals surface area contributed by atoms with E-state index in [9.17, 15) is 9.59 Å². The lowest BCUT2D eigenvalue weighted by atomic mass is 10.2. The first-order valence-electron chi connectivity index (χ1n) is 4.89. The molecule has 0 radical (unpaired) electrons. The van der Waals surface area contributed by atoms with E-state index < -0.39 is 0 Å². The Labute approximate surface area is 91.8 Å². The van der Waals surface area contributed by atoms with Crippen LogP contribution < -0.4 is 5.32 Å². The Morgan fingerprint density at radius 3 is 2.88 bits per heavy atom. The molecule has 82 valence electrons. The molecule has 2 N–H and O–H groups in total. The number of nitrogens with one attached hydrogen (secondary N) is 2. The molecular weight excluding hydrogens is 206 g/mol. The van der Waals surface area contributed by atoms with Crippen LogP contribution in [-0.4, -0.2) is 28.4 Å². The number of rotatable bonds is 3. The molecule has 2 rings (SSSR count). The first-order valence-corrected chi connectivity index (χ1v) is 4.89. The average molecular weight is 217 g/mol. The Hall–Kier alpha value is -2.17. The lowest BCUT2D eigenvalue weighted by Gasteiger charge is -2.00. The van der Waals surface area contributed by atoms with Crippen molar-refractivity contribution in [2.24, 2.45) is 0 Å². The van der Waals surface area contributed by atoms with E-state index in [0.29, 0.717) is 5.69 Å². The van der Waals surface area contributed by atoms with Crippen LogP contribution in [-0.2, 0) is 4.79 Å². The normalized spacial score (nSPS) is 10.3. The fourth-order valence-corrected chi connectivity index (χ4v) is 1.43. The van der Waals surface area contributed by atoms with E-state index in [4.69, 9.17) is 0 Å². The van der Waals surface area contributed by atoms with Gasteiger partial charge in [-0.05, 0) is 13.0 Å². The number of carbonyl (C=O) groups excluding carboxylic acids is 2. The van der Waals surface area contributed by atoms with Gasteiger partial charge in [0.2, 0.25) is 0 Å². The zero-order valence-electron chi connectivity index (χ0n) is 8.78. The van der Waals surface area contributed by atoms with Gasteiger partial charge < -0.3 is 5.32 Å². The Balaban J connectivity index is 2.26. The number of fused-ring (bicyclic) bond motifs is 1. The molecule has 1 aromatic carbocycles. The second-order valence-corrected chi connectivity index (χ2v) is 3.50. The Kier molecular flexibility index (Phi) is 2.68. The number of H-pyrrole nitrogens is 1. The minimum Gasteiger partial charge on any atom is -0.344 e. The highest BCUT2D eigenvalue weighted by Crippen LogP contribution is 2.14. The molecule has 1 aromatic heterocycles. The van der Waals surface area contributed by atoms with Crippen LogP contribution in [0.15, 0.2) is 24.3 Å². The van der Waals surface area contributed by atoms with E-state index in [1.807, 2.05) is 24.3 Å². The minimum absolute atomic E-state index is 0.0339. The molecule has 1 heterocycles. The van der Waals surface area contributed by atoms with Gasteiger partial charge in [-0.25, -0.2) is 0 Å². The van der Waals surface area contributed by atoms with Gasteiger partial charge in [-0.2, -0.15) is 5.10 Å². The van der Waals surface area contributed by atoms with Gasteiger partial charge in [-0.15, -0.1) is 0 Å². The number of para-hydroxylation sites is 1. The van der Waals surface area contributed by atoms with E-state index in [2.05, 4.69) is 15.5 Å². The predicted molar refractivity (Wildman–Crippen MR) is 59.1 cm³/mol. The zero-order chi connectivity index (χ0) is 11.5. The third kappa shape index (κ3) is 1.93. The number of ketones is 1. The van der Waals surface area contributed by atoms with E-state index in [-0.39, 0.29) is 18.2 Å². The van der Waals surface area contributed by atoms with Crippen LogP contribution in [0.4, 0.5) is 0 Å². The van der Waals surface area contributed by atoms with Gasteiger partial charge in [0.05, 0.1) is 12.1 Å². The summed E-state index contributed by atoms with van der Waals surface area (Å²) in [5, 5.41) is 9.93. The highest BCUT2D eigenvalue weighted by Gasteiger charge is 2.12. The molecule has 1 amide bonds. The monoisotopic (exact) mass is 217 g/mol. The van der Waals surface area contributed by atoms with E-state index >= 15 is 0 Å². The summed E-state index contributed by atoms with van der Waals surface area (Å²) in [4.78, 5) is 22.4. The number of Topliss-reactive ketones (excluding diaryl/α,β-unsaturated/α-hetero) is 1. The standard InChI is InChI=1S/C11H11N3O2/c1-7(15)6-12-11(16)10-8-4-2-3-5-9(8)13-14-10/h2-5H,6H2,1H3,(H,12,16)(H,13,14). The van der Waals surface area contributed by atoms with Crippen LogP contribution in [0.1, 0.15) is 17.4 Å². The number of aromatic nitrogens is 2. The van der Waals surface area contributed by atoms with E-state index in [1.54, 1.807) is 0 Å². The fourth-order valence-electron chi connectivity index (χ4n) is 1.43. The van der Waals surface area contributed by atoms with E-state index in [1.165, 1.54) is 6.92 Å². The van der Waals surface area contributed by atoms with Crippen LogP contribution in [0.3, 0.4) is 0 Å². The van der Waals surface area contributed by atoms with Crippen molar-refractivity contribution in [2.45, 2.75) is 6.92 Å². The van der Waals surface area contributed by atoms with Crippen molar-refractivity contribution in [3.63, 3.8) is 0 Å². The maximum absolute atomic E-state index is 11.7. The molecule has 0 atom stereocenters. The SMILES string of the molecule is CC(=O)CNC(=O)c1[nH]nc2ccccc12. The molecule has 5 nitrogen and oxygen atoms in total. The summed E-state index contributed by atoms with van der Waals surface area (Å²) in [7, 11) is 0. The largest absolute Gasteiger partial charge is 0.344 e. The molecule has 0 saturated heterocycles. The molecule has 0 aliphatic rings. The third-order valence-corrected chi connectivity index (χ3v) is 2.19. The van der Waals surface area contributed by atoms with Crippen LogP contribution in [0.5, 0.6) is 0 Å². The summed E-state index contributed by atoms with van der Waals surface area (Å²) in [6.45, 7) is 1.46. The smallest absolute Gasteiger partial charge is 0.270 e. The Morgan fingerprint density at radius 1 is 1.38 bits per heavy atom. The maximum atomic E-state index is 11.7. The van der Waals surface area contributed by atoms with Crippen molar-refractivity contribution in [2.75, 3.05) is 6.54 Å². The molecular formula is C11H11N3O2. The first kappa shape index (κ1) is 10.4. The number of carbonyl (C=O) groups is 2. The molecule has 0 saturated carbocycles. The molecule has 2 aromatic rings. The summed E-state index contributed by atoms with van der Waals surface area (Å²) >= 11 is 0. The number of benzene rings is 1. The summed E-state index contributed by atoms with van der Waals surface area (Å²) < 4.78 is 0. The van der Waals surface area contributed by atoms with Crippen molar-refractivity contribution in [3.05, 3.63) is 30.0 Å². The van der Waals surface area contributed by atoms with Gasteiger partial charge in [0.25, 0.3) is 5.91 Å². The molecule has 0 unspecified atom stereocenters. The van der Waals surface area contributed by atoms with E-state index in [0.717, 1.165) is 10.9 Å². The number of hydrogen-bond donors (Lipinski definition) is 2. The van der Waals surface area contributed by atoms with Gasteiger partial charge in [-0.3, -0.25) is 14.7 Å². The van der Waals surface area contributed by atoms with Crippen LogP contribution >= 0.6 is 0 Å². The summed E-state index contributed by atoms with van der Waals surface area (Å²) in [5.74, 6) is -0.402. The fraction of sp³-hybridized carbons (Fsp3) is 0.182. The number of aromatic amines is 1.